The first-order valence-corrected chi connectivity index (χ1v) is 9.30. The third-order valence-electron chi connectivity index (χ3n) is 5.25. The molecule has 1 unspecified atom stereocenters. The van der Waals surface area contributed by atoms with Gasteiger partial charge in [0.05, 0.1) is 6.54 Å². The summed E-state index contributed by atoms with van der Waals surface area (Å²) < 4.78 is 0. The van der Waals surface area contributed by atoms with E-state index < -0.39 is 0 Å². The van der Waals surface area contributed by atoms with Crippen LogP contribution < -0.4 is 5.32 Å². The van der Waals surface area contributed by atoms with E-state index in [1.807, 2.05) is 17.5 Å². The maximum atomic E-state index is 4.59. The lowest BCUT2D eigenvalue weighted by molar-refractivity contribution is 0.0309. The average molecular weight is 308 g/mol. The zero-order valence-corrected chi connectivity index (χ0v) is 14.5. The third-order valence-corrected chi connectivity index (χ3v) is 6.15. The molecular weight excluding hydrogens is 278 g/mol. The topological polar surface area (TPSA) is 28.2 Å². The van der Waals surface area contributed by atoms with Gasteiger partial charge in [-0.15, -0.1) is 11.3 Å². The zero-order valence-electron chi connectivity index (χ0n) is 13.7. The number of piperazine rings is 1. The maximum Gasteiger partial charge on any atom is 0.107 e. The molecule has 1 spiro atoms. The Morgan fingerprint density at radius 3 is 2.76 bits per heavy atom. The molecule has 4 heteroatoms. The molecule has 2 heterocycles. The molecule has 2 fully saturated rings. The lowest BCUT2D eigenvalue weighted by atomic mass is 9.78. The quantitative estimate of drug-likeness (QED) is 0.925. The van der Waals surface area contributed by atoms with Gasteiger partial charge in [-0.1, -0.05) is 33.1 Å². The average Bonchev–Trinajstić information content (AvgIpc) is 2.85. The van der Waals surface area contributed by atoms with Crippen molar-refractivity contribution in [3.05, 3.63) is 16.1 Å². The minimum absolute atomic E-state index is 0.385. The molecule has 1 aromatic heterocycles. The lowest BCUT2D eigenvalue weighted by Gasteiger charge is -2.50. The molecule has 0 bridgehead atoms. The highest BCUT2D eigenvalue weighted by Crippen LogP contribution is 2.34. The van der Waals surface area contributed by atoms with Crippen LogP contribution in [0.25, 0.3) is 0 Å². The van der Waals surface area contributed by atoms with E-state index >= 15 is 0 Å². The van der Waals surface area contributed by atoms with E-state index in [4.69, 9.17) is 0 Å². The number of hydrogen-bond donors (Lipinski definition) is 1. The van der Waals surface area contributed by atoms with Crippen molar-refractivity contribution in [1.82, 2.24) is 15.2 Å². The predicted molar refractivity (Wildman–Crippen MR) is 89.7 cm³/mol. The second-order valence-electron chi connectivity index (χ2n) is 7.30. The zero-order chi connectivity index (χ0) is 14.9. The SMILES string of the molecule is Cc1cnc(CN2CC3(CCCCC3)NCC2C(C)C)s1. The van der Waals surface area contributed by atoms with E-state index in [-0.39, 0.29) is 0 Å². The van der Waals surface area contributed by atoms with Gasteiger partial charge in [-0.05, 0) is 25.7 Å². The van der Waals surface area contributed by atoms with Crippen LogP contribution in [0.15, 0.2) is 6.20 Å². The fraction of sp³-hybridized carbons (Fsp3) is 0.824. The van der Waals surface area contributed by atoms with Gasteiger partial charge in [0.2, 0.25) is 0 Å². The van der Waals surface area contributed by atoms with Crippen LogP contribution in [0.5, 0.6) is 0 Å². The van der Waals surface area contributed by atoms with Crippen molar-refractivity contribution in [1.29, 1.82) is 0 Å². The van der Waals surface area contributed by atoms with Crippen molar-refractivity contribution in [3.63, 3.8) is 0 Å². The second-order valence-corrected chi connectivity index (χ2v) is 8.62. The van der Waals surface area contributed by atoms with Crippen LogP contribution >= 0.6 is 11.3 Å². The Kier molecular flexibility index (Phi) is 4.67. The van der Waals surface area contributed by atoms with E-state index in [0.29, 0.717) is 17.5 Å². The van der Waals surface area contributed by atoms with Gasteiger partial charge < -0.3 is 5.32 Å². The van der Waals surface area contributed by atoms with Gasteiger partial charge in [0.1, 0.15) is 5.01 Å². The summed E-state index contributed by atoms with van der Waals surface area (Å²) in [5.41, 5.74) is 0.385. The van der Waals surface area contributed by atoms with E-state index in [1.165, 1.54) is 48.5 Å². The van der Waals surface area contributed by atoms with Gasteiger partial charge in [0.15, 0.2) is 0 Å². The molecule has 1 aliphatic carbocycles. The molecule has 0 radical (unpaired) electrons. The number of hydrogen-bond acceptors (Lipinski definition) is 4. The smallest absolute Gasteiger partial charge is 0.107 e. The van der Waals surface area contributed by atoms with Crippen LogP contribution in [0.3, 0.4) is 0 Å². The normalized spacial score (nSPS) is 26.6. The Labute approximate surface area is 133 Å². The van der Waals surface area contributed by atoms with E-state index in [2.05, 4.69) is 36.0 Å². The molecule has 3 rings (SSSR count). The van der Waals surface area contributed by atoms with Crippen molar-refractivity contribution in [2.24, 2.45) is 5.92 Å². The summed E-state index contributed by atoms with van der Waals surface area (Å²) in [6, 6.07) is 0.641. The molecule has 1 saturated heterocycles. The summed E-state index contributed by atoms with van der Waals surface area (Å²) in [6.45, 7) is 10.2. The van der Waals surface area contributed by atoms with Crippen molar-refractivity contribution in [2.75, 3.05) is 13.1 Å². The summed E-state index contributed by atoms with van der Waals surface area (Å²) in [7, 11) is 0. The Morgan fingerprint density at radius 2 is 2.14 bits per heavy atom. The van der Waals surface area contributed by atoms with Crippen molar-refractivity contribution in [3.8, 4) is 0 Å². The highest BCUT2D eigenvalue weighted by atomic mass is 32.1. The first kappa shape index (κ1) is 15.4. The number of nitrogens with zero attached hydrogens (tertiary/aromatic N) is 2. The molecule has 1 aromatic rings. The van der Waals surface area contributed by atoms with Crippen LogP contribution in [-0.4, -0.2) is 34.6 Å². The Bertz CT molecular complexity index is 462. The minimum Gasteiger partial charge on any atom is -0.308 e. The van der Waals surface area contributed by atoms with Gasteiger partial charge >= 0.3 is 0 Å². The largest absolute Gasteiger partial charge is 0.308 e. The standard InChI is InChI=1S/C17H29N3S/c1-13(2)15-10-19-17(7-5-4-6-8-17)12-20(15)11-16-18-9-14(3)21-16/h9,13,15,19H,4-8,10-12H2,1-3H3. The molecule has 118 valence electrons. The summed E-state index contributed by atoms with van der Waals surface area (Å²) in [6.07, 6.45) is 8.93. The number of rotatable bonds is 3. The molecule has 0 aromatic carbocycles. The Morgan fingerprint density at radius 1 is 1.38 bits per heavy atom. The molecule has 2 aliphatic rings. The van der Waals surface area contributed by atoms with Crippen molar-refractivity contribution < 1.29 is 0 Å². The number of thiazole rings is 1. The maximum absolute atomic E-state index is 4.59. The first-order chi connectivity index (χ1) is 10.1. The monoisotopic (exact) mass is 307 g/mol. The van der Waals surface area contributed by atoms with E-state index in [0.717, 1.165) is 13.1 Å². The third kappa shape index (κ3) is 3.49. The molecule has 3 nitrogen and oxygen atoms in total. The van der Waals surface area contributed by atoms with Gasteiger partial charge in [0, 0.05) is 35.7 Å². The molecule has 1 N–H and O–H groups in total. The molecule has 21 heavy (non-hydrogen) atoms. The Balaban J connectivity index is 1.74. The van der Waals surface area contributed by atoms with Crippen LogP contribution in [-0.2, 0) is 6.54 Å². The predicted octanol–water partition coefficient (Wildman–Crippen LogP) is 3.58. The summed E-state index contributed by atoms with van der Waals surface area (Å²) >= 11 is 1.86. The lowest BCUT2D eigenvalue weighted by Crippen LogP contribution is -2.65. The van der Waals surface area contributed by atoms with Gasteiger partial charge in [-0.3, -0.25) is 4.90 Å². The first-order valence-electron chi connectivity index (χ1n) is 8.48. The number of aryl methyl sites for hydroxylation is 1. The van der Waals surface area contributed by atoms with Crippen LogP contribution in [0.2, 0.25) is 0 Å². The van der Waals surface area contributed by atoms with Crippen molar-refractivity contribution in [2.45, 2.75) is 71.0 Å². The van der Waals surface area contributed by atoms with Crippen LogP contribution in [0.1, 0.15) is 55.8 Å². The summed E-state index contributed by atoms with van der Waals surface area (Å²) in [5.74, 6) is 0.694. The number of nitrogens with one attached hydrogen (secondary N) is 1. The van der Waals surface area contributed by atoms with Gasteiger partial charge in [-0.2, -0.15) is 0 Å². The Hall–Kier alpha value is -0.450. The van der Waals surface area contributed by atoms with Gasteiger partial charge in [0.25, 0.3) is 0 Å². The fourth-order valence-corrected chi connectivity index (χ4v) is 4.87. The molecule has 1 atom stereocenters. The second kappa shape index (κ2) is 6.35. The number of aromatic nitrogens is 1. The van der Waals surface area contributed by atoms with Crippen LogP contribution in [0.4, 0.5) is 0 Å². The van der Waals surface area contributed by atoms with Gasteiger partial charge in [-0.25, -0.2) is 4.98 Å². The molecular formula is C17H29N3S. The highest BCUT2D eigenvalue weighted by molar-refractivity contribution is 7.11. The van der Waals surface area contributed by atoms with E-state index in [1.54, 1.807) is 0 Å². The van der Waals surface area contributed by atoms with Crippen LogP contribution in [0, 0.1) is 12.8 Å². The fourth-order valence-electron chi connectivity index (χ4n) is 4.05. The van der Waals surface area contributed by atoms with E-state index in [9.17, 15) is 0 Å². The molecule has 1 aliphatic heterocycles. The molecule has 1 saturated carbocycles. The summed E-state index contributed by atoms with van der Waals surface area (Å²) in [4.78, 5) is 8.63. The summed E-state index contributed by atoms with van der Waals surface area (Å²) in [5, 5.41) is 5.21. The molecule has 0 amide bonds. The van der Waals surface area contributed by atoms with Crippen molar-refractivity contribution >= 4 is 11.3 Å². The highest BCUT2D eigenvalue weighted by Gasteiger charge is 2.40. The minimum atomic E-state index is 0.385.